The van der Waals surface area contributed by atoms with E-state index in [1.165, 1.54) is 0 Å². The van der Waals surface area contributed by atoms with Crippen LogP contribution in [0, 0.1) is 11.8 Å². The predicted octanol–water partition coefficient (Wildman–Crippen LogP) is -0.637. The number of hydrogen-bond acceptors (Lipinski definition) is 7. The number of para-hydroxylation sites is 1. The van der Waals surface area contributed by atoms with Crippen molar-refractivity contribution in [3.05, 3.63) is 36.2 Å². The molecule has 2 aliphatic rings. The zero-order chi connectivity index (χ0) is 20.1. The summed E-state index contributed by atoms with van der Waals surface area (Å²) in [4.78, 5) is 27.3. The summed E-state index contributed by atoms with van der Waals surface area (Å²) in [6, 6.07) is 9.51. The molecule has 4 rings (SSSR count). The van der Waals surface area contributed by atoms with Crippen LogP contribution in [0.1, 0.15) is 12.2 Å². The number of carbonyl (C=O) groups excluding carboxylic acids is 2. The number of ether oxygens (including phenoxy) is 1. The number of nitrogens with zero attached hydrogens (tertiary/aromatic N) is 5. The number of benzene rings is 1. The van der Waals surface area contributed by atoms with Gasteiger partial charge in [-0.25, -0.2) is 0 Å². The number of amides is 2. The van der Waals surface area contributed by atoms with E-state index in [1.54, 1.807) is 4.68 Å². The first-order valence-corrected chi connectivity index (χ1v) is 9.90. The highest BCUT2D eigenvalue weighted by Gasteiger charge is 2.33. The minimum absolute atomic E-state index is 0.0976. The van der Waals surface area contributed by atoms with Gasteiger partial charge in [-0.1, -0.05) is 18.2 Å². The maximum atomic E-state index is 12.7. The molecule has 29 heavy (non-hydrogen) atoms. The van der Waals surface area contributed by atoms with Crippen LogP contribution >= 0.6 is 0 Å². The molecule has 2 fully saturated rings. The Morgan fingerprint density at radius 2 is 1.90 bits per heavy atom. The first-order chi connectivity index (χ1) is 14.2. The summed E-state index contributed by atoms with van der Waals surface area (Å²) in [7, 11) is 0. The third-order valence-corrected chi connectivity index (χ3v) is 5.35. The van der Waals surface area contributed by atoms with Gasteiger partial charge in [0, 0.05) is 26.2 Å². The molecular formula is C19H25N7O3. The van der Waals surface area contributed by atoms with Gasteiger partial charge in [-0.2, -0.15) is 4.68 Å². The number of morpholine rings is 1. The Labute approximate surface area is 168 Å². The molecule has 154 valence electrons. The Kier molecular flexibility index (Phi) is 6.11. The number of aromatic nitrogens is 4. The van der Waals surface area contributed by atoms with Crippen molar-refractivity contribution in [3.8, 4) is 5.69 Å². The molecule has 2 aliphatic heterocycles. The maximum Gasteiger partial charge on any atom is 0.227 e. The maximum absolute atomic E-state index is 12.7. The highest BCUT2D eigenvalue weighted by atomic mass is 16.5. The standard InChI is InChI=1S/C19H25N7O3/c27-18(21-13-17-22-23-24-26(17)16-4-2-1-3-5-16)14-10-15(12-20-11-14)19(28)25-6-8-29-9-7-25/h1-5,14-15,20H,6-13H2,(H,21,27)/t14-,15-/m1/s1. The number of hydrogen-bond donors (Lipinski definition) is 2. The van der Waals surface area contributed by atoms with E-state index in [2.05, 4.69) is 26.2 Å². The molecule has 0 spiro atoms. The second-order valence-corrected chi connectivity index (χ2v) is 7.29. The normalized spacial score (nSPS) is 22.3. The van der Waals surface area contributed by atoms with Crippen LogP contribution in [0.15, 0.2) is 30.3 Å². The molecule has 0 unspecified atom stereocenters. The molecule has 3 heterocycles. The van der Waals surface area contributed by atoms with Gasteiger partial charge in [-0.15, -0.1) is 5.10 Å². The zero-order valence-corrected chi connectivity index (χ0v) is 16.2. The van der Waals surface area contributed by atoms with Gasteiger partial charge in [-0.05, 0) is 29.0 Å². The average Bonchev–Trinajstić information content (AvgIpc) is 3.27. The summed E-state index contributed by atoms with van der Waals surface area (Å²) in [6.45, 7) is 3.77. The van der Waals surface area contributed by atoms with Gasteiger partial charge < -0.3 is 20.3 Å². The molecule has 2 saturated heterocycles. The Bertz CT molecular complexity index is 835. The van der Waals surface area contributed by atoms with Crippen molar-refractivity contribution in [2.75, 3.05) is 39.4 Å². The van der Waals surface area contributed by atoms with E-state index >= 15 is 0 Å². The summed E-state index contributed by atoms with van der Waals surface area (Å²) in [5.74, 6) is 0.104. The number of nitrogens with one attached hydrogen (secondary N) is 2. The van der Waals surface area contributed by atoms with Gasteiger partial charge >= 0.3 is 0 Å². The fourth-order valence-electron chi connectivity index (χ4n) is 3.77. The Hall–Kier alpha value is -2.85. The van der Waals surface area contributed by atoms with E-state index < -0.39 is 0 Å². The molecule has 1 aromatic heterocycles. The Morgan fingerprint density at radius 1 is 1.14 bits per heavy atom. The van der Waals surface area contributed by atoms with Crippen LogP contribution in [-0.4, -0.2) is 76.3 Å². The third kappa shape index (κ3) is 4.60. The summed E-state index contributed by atoms with van der Waals surface area (Å²) in [5.41, 5.74) is 0.831. The van der Waals surface area contributed by atoms with E-state index in [9.17, 15) is 9.59 Å². The smallest absolute Gasteiger partial charge is 0.227 e. The van der Waals surface area contributed by atoms with Crippen LogP contribution in [-0.2, 0) is 20.9 Å². The van der Waals surface area contributed by atoms with Crippen LogP contribution in [0.4, 0.5) is 0 Å². The lowest BCUT2D eigenvalue weighted by Crippen LogP contribution is -2.51. The summed E-state index contributed by atoms with van der Waals surface area (Å²) in [5, 5.41) is 17.9. The van der Waals surface area contributed by atoms with E-state index in [4.69, 9.17) is 4.74 Å². The van der Waals surface area contributed by atoms with Gasteiger partial charge in [-0.3, -0.25) is 9.59 Å². The second kappa shape index (κ2) is 9.10. The molecule has 0 aliphatic carbocycles. The SMILES string of the molecule is O=C(NCc1nnnn1-c1ccccc1)[C@H]1CNC[C@H](C(=O)N2CCOCC2)C1. The van der Waals surface area contributed by atoms with Crippen LogP contribution in [0.25, 0.3) is 5.69 Å². The summed E-state index contributed by atoms with van der Waals surface area (Å²) < 4.78 is 6.92. The number of rotatable bonds is 5. The fourth-order valence-corrected chi connectivity index (χ4v) is 3.77. The number of piperidine rings is 1. The minimum atomic E-state index is -0.264. The molecule has 1 aromatic carbocycles. The van der Waals surface area contributed by atoms with E-state index in [-0.39, 0.29) is 30.2 Å². The van der Waals surface area contributed by atoms with Crippen molar-refractivity contribution < 1.29 is 14.3 Å². The quantitative estimate of drug-likeness (QED) is 0.688. The molecular weight excluding hydrogens is 374 g/mol. The van der Waals surface area contributed by atoms with Crippen molar-refractivity contribution in [1.82, 2.24) is 35.7 Å². The topological polar surface area (TPSA) is 114 Å². The van der Waals surface area contributed by atoms with Gasteiger partial charge in [0.05, 0.1) is 37.3 Å². The number of tetrazole rings is 1. The van der Waals surface area contributed by atoms with Crippen LogP contribution in [0.2, 0.25) is 0 Å². The van der Waals surface area contributed by atoms with Crippen molar-refractivity contribution >= 4 is 11.8 Å². The Balaban J connectivity index is 1.33. The largest absolute Gasteiger partial charge is 0.378 e. The highest BCUT2D eigenvalue weighted by Crippen LogP contribution is 2.20. The highest BCUT2D eigenvalue weighted by molar-refractivity contribution is 5.83. The first kappa shape index (κ1) is 19.5. The third-order valence-electron chi connectivity index (χ3n) is 5.35. The minimum Gasteiger partial charge on any atom is -0.378 e. The van der Waals surface area contributed by atoms with E-state index in [0.717, 1.165) is 5.69 Å². The van der Waals surface area contributed by atoms with Gasteiger partial charge in [0.15, 0.2) is 5.82 Å². The zero-order valence-electron chi connectivity index (χ0n) is 16.2. The molecule has 10 heteroatoms. The van der Waals surface area contributed by atoms with Gasteiger partial charge in [0.2, 0.25) is 11.8 Å². The molecule has 2 N–H and O–H groups in total. The second-order valence-electron chi connectivity index (χ2n) is 7.29. The molecule has 2 amide bonds. The Morgan fingerprint density at radius 3 is 2.69 bits per heavy atom. The van der Waals surface area contributed by atoms with Crippen molar-refractivity contribution in [3.63, 3.8) is 0 Å². The monoisotopic (exact) mass is 399 g/mol. The van der Waals surface area contributed by atoms with Crippen LogP contribution < -0.4 is 10.6 Å². The number of carbonyl (C=O) groups is 2. The van der Waals surface area contributed by atoms with Crippen molar-refractivity contribution in [2.45, 2.75) is 13.0 Å². The molecule has 0 radical (unpaired) electrons. The lowest BCUT2D eigenvalue weighted by molar-refractivity contribution is -0.141. The lowest BCUT2D eigenvalue weighted by atomic mass is 9.88. The fraction of sp³-hybridized carbons (Fsp3) is 0.526. The van der Waals surface area contributed by atoms with Gasteiger partial charge in [0.1, 0.15) is 0 Å². The van der Waals surface area contributed by atoms with Crippen molar-refractivity contribution in [2.24, 2.45) is 11.8 Å². The molecule has 2 atom stereocenters. The van der Waals surface area contributed by atoms with E-state index in [0.29, 0.717) is 51.6 Å². The average molecular weight is 399 g/mol. The van der Waals surface area contributed by atoms with Crippen LogP contribution in [0.5, 0.6) is 0 Å². The summed E-state index contributed by atoms with van der Waals surface area (Å²) in [6.07, 6.45) is 0.540. The first-order valence-electron chi connectivity index (χ1n) is 9.90. The van der Waals surface area contributed by atoms with Crippen LogP contribution in [0.3, 0.4) is 0 Å². The molecule has 0 bridgehead atoms. The van der Waals surface area contributed by atoms with Crippen molar-refractivity contribution in [1.29, 1.82) is 0 Å². The lowest BCUT2D eigenvalue weighted by Gasteiger charge is -2.34. The molecule has 0 saturated carbocycles. The van der Waals surface area contributed by atoms with E-state index in [1.807, 2.05) is 35.2 Å². The molecule has 10 nitrogen and oxygen atoms in total. The summed E-state index contributed by atoms with van der Waals surface area (Å²) >= 11 is 0. The van der Waals surface area contributed by atoms with Gasteiger partial charge in [0.25, 0.3) is 0 Å². The predicted molar refractivity (Wildman–Crippen MR) is 103 cm³/mol. The molecule has 2 aromatic rings.